The number of aryl methyl sites for hydroxylation is 2. The summed E-state index contributed by atoms with van der Waals surface area (Å²) in [6.07, 6.45) is 3.76. The van der Waals surface area contributed by atoms with E-state index >= 15 is 0 Å². The minimum absolute atomic E-state index is 0.147. The average molecular weight is 197 g/mol. The Bertz CT molecular complexity index is 279. The first-order valence-corrected chi connectivity index (χ1v) is 5.03. The van der Waals surface area contributed by atoms with Crippen LogP contribution in [0.2, 0.25) is 0 Å². The largest absolute Gasteiger partial charge is 0.396 e. The van der Waals surface area contributed by atoms with E-state index < -0.39 is 0 Å². The highest BCUT2D eigenvalue weighted by atomic mass is 16.3. The van der Waals surface area contributed by atoms with Gasteiger partial charge in [0.05, 0.1) is 5.69 Å². The second kappa shape index (κ2) is 5.12. The lowest BCUT2D eigenvalue weighted by Gasteiger charge is -2.10. The van der Waals surface area contributed by atoms with Gasteiger partial charge in [0.1, 0.15) is 0 Å². The van der Waals surface area contributed by atoms with Crippen LogP contribution in [0.15, 0.2) is 6.20 Å². The Kier molecular flexibility index (Phi) is 4.10. The molecule has 1 rings (SSSR count). The number of nitrogens with zero attached hydrogens (tertiary/aromatic N) is 2. The highest BCUT2D eigenvalue weighted by Crippen LogP contribution is 2.12. The molecule has 0 spiro atoms. The molecule has 0 amide bonds. The molecule has 3 N–H and O–H groups in total. The summed E-state index contributed by atoms with van der Waals surface area (Å²) in [6, 6.07) is 0. The third-order valence-corrected chi connectivity index (χ3v) is 2.43. The van der Waals surface area contributed by atoms with Crippen molar-refractivity contribution in [2.24, 2.45) is 18.7 Å². The van der Waals surface area contributed by atoms with Crippen molar-refractivity contribution in [1.82, 2.24) is 9.78 Å². The van der Waals surface area contributed by atoms with Gasteiger partial charge in [0, 0.05) is 19.9 Å². The van der Waals surface area contributed by atoms with Crippen molar-refractivity contribution in [1.29, 1.82) is 0 Å². The predicted octanol–water partition coefficient (Wildman–Crippen LogP) is 0.0922. The van der Waals surface area contributed by atoms with Crippen LogP contribution in [0.25, 0.3) is 0 Å². The number of hydrogen-bond donors (Lipinski definition) is 2. The third-order valence-electron chi connectivity index (χ3n) is 2.43. The van der Waals surface area contributed by atoms with Crippen LogP contribution < -0.4 is 5.73 Å². The average Bonchev–Trinajstić information content (AvgIpc) is 2.55. The number of aliphatic hydroxyl groups is 1. The molecule has 0 saturated heterocycles. The lowest BCUT2D eigenvalue weighted by molar-refractivity contribution is 0.229. The van der Waals surface area contributed by atoms with E-state index in [0.717, 1.165) is 18.5 Å². The fourth-order valence-corrected chi connectivity index (χ4v) is 1.59. The van der Waals surface area contributed by atoms with Crippen molar-refractivity contribution in [2.75, 3.05) is 13.2 Å². The summed E-state index contributed by atoms with van der Waals surface area (Å²) >= 11 is 0. The van der Waals surface area contributed by atoms with E-state index in [4.69, 9.17) is 10.8 Å². The minimum Gasteiger partial charge on any atom is -0.396 e. The van der Waals surface area contributed by atoms with Gasteiger partial charge in [-0.3, -0.25) is 4.68 Å². The first kappa shape index (κ1) is 11.2. The Hall–Kier alpha value is -0.870. The zero-order chi connectivity index (χ0) is 10.6. The van der Waals surface area contributed by atoms with Gasteiger partial charge in [-0.15, -0.1) is 0 Å². The van der Waals surface area contributed by atoms with Gasteiger partial charge in [-0.1, -0.05) is 6.92 Å². The summed E-state index contributed by atoms with van der Waals surface area (Å²) in [5.41, 5.74) is 7.86. The molecular formula is C10H19N3O. The zero-order valence-corrected chi connectivity index (χ0v) is 8.90. The zero-order valence-electron chi connectivity index (χ0n) is 8.90. The van der Waals surface area contributed by atoms with Gasteiger partial charge < -0.3 is 10.8 Å². The molecule has 4 nitrogen and oxygen atoms in total. The fraction of sp³-hybridized carbons (Fsp3) is 0.700. The first-order valence-electron chi connectivity index (χ1n) is 5.03. The highest BCUT2D eigenvalue weighted by Gasteiger charge is 2.11. The summed E-state index contributed by atoms with van der Waals surface area (Å²) < 4.78 is 1.82. The van der Waals surface area contributed by atoms with E-state index in [1.165, 1.54) is 5.56 Å². The number of rotatable bonds is 5. The Labute approximate surface area is 84.7 Å². The molecule has 4 heteroatoms. The monoisotopic (exact) mass is 197 g/mol. The van der Waals surface area contributed by atoms with E-state index in [-0.39, 0.29) is 12.5 Å². The van der Waals surface area contributed by atoms with Crippen LogP contribution in [0.4, 0.5) is 0 Å². The van der Waals surface area contributed by atoms with E-state index in [2.05, 4.69) is 12.0 Å². The molecule has 1 unspecified atom stereocenters. The number of aliphatic hydroxyl groups excluding tert-OH is 1. The maximum atomic E-state index is 9.05. The van der Waals surface area contributed by atoms with Crippen LogP contribution in [0.3, 0.4) is 0 Å². The number of hydrogen-bond acceptors (Lipinski definition) is 3. The fourth-order valence-electron chi connectivity index (χ4n) is 1.59. The van der Waals surface area contributed by atoms with Gasteiger partial charge in [0.15, 0.2) is 0 Å². The van der Waals surface area contributed by atoms with Crippen molar-refractivity contribution in [3.05, 3.63) is 17.5 Å². The maximum absolute atomic E-state index is 9.05. The van der Waals surface area contributed by atoms with Crippen molar-refractivity contribution in [3.63, 3.8) is 0 Å². The summed E-state index contributed by atoms with van der Waals surface area (Å²) in [7, 11) is 1.92. The number of nitrogens with two attached hydrogens (primary N) is 1. The van der Waals surface area contributed by atoms with Crippen molar-refractivity contribution in [2.45, 2.75) is 19.8 Å². The molecule has 0 aliphatic rings. The van der Waals surface area contributed by atoms with Gasteiger partial charge >= 0.3 is 0 Å². The van der Waals surface area contributed by atoms with Crippen LogP contribution in [0.5, 0.6) is 0 Å². The van der Waals surface area contributed by atoms with Crippen LogP contribution in [0.1, 0.15) is 18.2 Å². The van der Waals surface area contributed by atoms with Crippen molar-refractivity contribution in [3.8, 4) is 0 Å². The van der Waals surface area contributed by atoms with Gasteiger partial charge in [0.2, 0.25) is 0 Å². The third kappa shape index (κ3) is 2.56. The highest BCUT2D eigenvalue weighted by molar-refractivity contribution is 5.17. The van der Waals surface area contributed by atoms with Crippen LogP contribution in [-0.4, -0.2) is 28.0 Å². The molecule has 0 aliphatic carbocycles. The molecule has 1 atom stereocenters. The van der Waals surface area contributed by atoms with E-state index in [0.29, 0.717) is 6.54 Å². The number of aromatic nitrogens is 2. The molecule has 14 heavy (non-hydrogen) atoms. The van der Waals surface area contributed by atoms with E-state index in [1.54, 1.807) is 0 Å². The second-order valence-electron chi connectivity index (χ2n) is 3.62. The molecule has 0 bridgehead atoms. The molecule has 0 fully saturated rings. The Morgan fingerprint density at radius 2 is 2.36 bits per heavy atom. The first-order chi connectivity index (χ1) is 6.71. The van der Waals surface area contributed by atoms with Gasteiger partial charge in [-0.05, 0) is 30.9 Å². The SMILES string of the molecule is CCc1nn(C)cc1CC(CN)CO. The molecular weight excluding hydrogens is 178 g/mol. The van der Waals surface area contributed by atoms with E-state index in [9.17, 15) is 0 Å². The summed E-state index contributed by atoms with van der Waals surface area (Å²) in [6.45, 7) is 2.76. The molecule has 0 saturated carbocycles. The summed E-state index contributed by atoms with van der Waals surface area (Å²) in [5.74, 6) is 0.157. The molecule has 1 aromatic heterocycles. The molecule has 1 heterocycles. The summed E-state index contributed by atoms with van der Waals surface area (Å²) in [5, 5.41) is 13.4. The smallest absolute Gasteiger partial charge is 0.0653 e. The lowest BCUT2D eigenvalue weighted by atomic mass is 10.00. The summed E-state index contributed by atoms with van der Waals surface area (Å²) in [4.78, 5) is 0. The molecule has 0 radical (unpaired) electrons. The standard InChI is InChI=1S/C10H19N3O/c1-3-10-9(6-13(2)12-10)4-8(5-11)7-14/h6,8,14H,3-5,7,11H2,1-2H3. The predicted molar refractivity (Wildman–Crippen MR) is 55.9 cm³/mol. The Morgan fingerprint density at radius 3 is 2.86 bits per heavy atom. The second-order valence-corrected chi connectivity index (χ2v) is 3.62. The Balaban J connectivity index is 2.73. The molecule has 0 aromatic carbocycles. The molecule has 0 aliphatic heterocycles. The van der Waals surface area contributed by atoms with Crippen molar-refractivity contribution < 1.29 is 5.11 Å². The van der Waals surface area contributed by atoms with Crippen molar-refractivity contribution >= 4 is 0 Å². The van der Waals surface area contributed by atoms with Crippen LogP contribution >= 0.6 is 0 Å². The van der Waals surface area contributed by atoms with Gasteiger partial charge in [-0.2, -0.15) is 5.10 Å². The normalized spacial score (nSPS) is 13.1. The minimum atomic E-state index is 0.147. The van der Waals surface area contributed by atoms with Crippen LogP contribution in [0, 0.1) is 5.92 Å². The van der Waals surface area contributed by atoms with Gasteiger partial charge in [0.25, 0.3) is 0 Å². The Morgan fingerprint density at radius 1 is 1.64 bits per heavy atom. The van der Waals surface area contributed by atoms with Gasteiger partial charge in [-0.25, -0.2) is 0 Å². The maximum Gasteiger partial charge on any atom is 0.0653 e. The molecule has 80 valence electrons. The van der Waals surface area contributed by atoms with Crippen LogP contribution in [-0.2, 0) is 19.9 Å². The lowest BCUT2D eigenvalue weighted by Crippen LogP contribution is -2.20. The quantitative estimate of drug-likeness (QED) is 0.703. The topological polar surface area (TPSA) is 64.1 Å². The van der Waals surface area contributed by atoms with E-state index in [1.807, 2.05) is 17.9 Å². The molecule has 1 aromatic rings.